The lowest BCUT2D eigenvalue weighted by Crippen LogP contribution is -2.23. The summed E-state index contributed by atoms with van der Waals surface area (Å²) in [6.45, 7) is 0.726. The van der Waals surface area contributed by atoms with Gasteiger partial charge in [-0.15, -0.1) is 22.9 Å². The number of halogens is 1. The molecular formula is C14H16ClNOS. The van der Waals surface area contributed by atoms with E-state index in [1.165, 1.54) is 0 Å². The Morgan fingerprint density at radius 2 is 2.06 bits per heavy atom. The molecule has 2 rings (SSSR count). The summed E-state index contributed by atoms with van der Waals surface area (Å²) >= 11 is 7.14. The largest absolute Gasteiger partial charge is 0.351 e. The van der Waals surface area contributed by atoms with Gasteiger partial charge in [-0.3, -0.25) is 4.79 Å². The quantitative estimate of drug-likeness (QED) is 0.628. The Hall–Kier alpha value is -1.06. The standard InChI is InChI=1S/C14H16ClNOS/c15-8-4-1-5-9-16-14(17)13-10-11-6-2-3-7-12(11)18-13/h2-3,6-7,10H,1,4-5,8-9H2,(H,16,17). The molecule has 1 amide bonds. The molecule has 0 radical (unpaired) electrons. The Morgan fingerprint density at radius 3 is 2.83 bits per heavy atom. The first-order chi connectivity index (χ1) is 8.81. The summed E-state index contributed by atoms with van der Waals surface area (Å²) in [6, 6.07) is 10.0. The molecule has 0 saturated heterocycles. The Kier molecular flexibility index (Phi) is 5.02. The molecule has 0 unspecified atom stereocenters. The van der Waals surface area contributed by atoms with Crippen LogP contribution >= 0.6 is 22.9 Å². The average Bonchev–Trinajstić information content (AvgIpc) is 2.82. The van der Waals surface area contributed by atoms with Crippen molar-refractivity contribution in [2.45, 2.75) is 19.3 Å². The third-order valence-electron chi connectivity index (χ3n) is 2.75. The third kappa shape index (κ3) is 3.47. The Morgan fingerprint density at radius 1 is 1.22 bits per heavy atom. The monoisotopic (exact) mass is 281 g/mol. The van der Waals surface area contributed by atoms with E-state index in [0.29, 0.717) is 5.88 Å². The van der Waals surface area contributed by atoms with Gasteiger partial charge in [-0.25, -0.2) is 0 Å². The van der Waals surface area contributed by atoms with Crippen molar-refractivity contribution in [3.8, 4) is 0 Å². The van der Waals surface area contributed by atoms with Crippen molar-refractivity contribution < 1.29 is 4.79 Å². The first kappa shape index (κ1) is 13.4. The Bertz CT molecular complexity index is 490. The van der Waals surface area contributed by atoms with E-state index in [4.69, 9.17) is 11.6 Å². The summed E-state index contributed by atoms with van der Waals surface area (Å²) in [5, 5.41) is 4.08. The van der Waals surface area contributed by atoms with Gasteiger partial charge in [-0.1, -0.05) is 24.6 Å². The van der Waals surface area contributed by atoms with Gasteiger partial charge in [-0.05, 0) is 30.4 Å². The van der Waals surface area contributed by atoms with Crippen LogP contribution in [0.4, 0.5) is 0 Å². The number of hydrogen-bond acceptors (Lipinski definition) is 2. The van der Waals surface area contributed by atoms with Crippen LogP contribution in [0, 0.1) is 0 Å². The number of unbranched alkanes of at least 4 members (excludes halogenated alkanes) is 2. The molecular weight excluding hydrogens is 266 g/mol. The maximum Gasteiger partial charge on any atom is 0.261 e. The molecule has 2 nitrogen and oxygen atoms in total. The molecule has 1 heterocycles. The minimum Gasteiger partial charge on any atom is -0.351 e. The minimum atomic E-state index is 0.0297. The zero-order valence-corrected chi connectivity index (χ0v) is 11.7. The number of amides is 1. The van der Waals surface area contributed by atoms with Crippen molar-refractivity contribution in [1.29, 1.82) is 0 Å². The first-order valence-corrected chi connectivity index (χ1v) is 7.49. The number of alkyl halides is 1. The highest BCUT2D eigenvalue weighted by atomic mass is 35.5. The van der Waals surface area contributed by atoms with Crippen LogP contribution in [-0.4, -0.2) is 18.3 Å². The molecule has 2 aromatic rings. The summed E-state index contributed by atoms with van der Waals surface area (Å²) in [6.07, 6.45) is 3.07. The van der Waals surface area contributed by atoms with Crippen LogP contribution in [0.3, 0.4) is 0 Å². The number of benzene rings is 1. The lowest BCUT2D eigenvalue weighted by Gasteiger charge is -2.02. The number of nitrogens with one attached hydrogen (secondary N) is 1. The highest BCUT2D eigenvalue weighted by Gasteiger charge is 2.08. The van der Waals surface area contributed by atoms with Gasteiger partial charge in [0.15, 0.2) is 0 Å². The predicted molar refractivity (Wildman–Crippen MR) is 78.7 cm³/mol. The van der Waals surface area contributed by atoms with Gasteiger partial charge in [-0.2, -0.15) is 0 Å². The molecule has 0 aliphatic rings. The molecule has 0 atom stereocenters. The molecule has 0 saturated carbocycles. The molecule has 0 bridgehead atoms. The van der Waals surface area contributed by atoms with Crippen LogP contribution in [0.2, 0.25) is 0 Å². The molecule has 4 heteroatoms. The topological polar surface area (TPSA) is 29.1 Å². The summed E-state index contributed by atoms with van der Waals surface area (Å²) in [5.74, 6) is 0.728. The van der Waals surface area contributed by atoms with Gasteiger partial charge in [0, 0.05) is 17.1 Å². The van der Waals surface area contributed by atoms with E-state index in [0.717, 1.165) is 40.8 Å². The zero-order valence-electron chi connectivity index (χ0n) is 10.1. The van der Waals surface area contributed by atoms with Crippen molar-refractivity contribution in [2.24, 2.45) is 0 Å². The van der Waals surface area contributed by atoms with Gasteiger partial charge < -0.3 is 5.32 Å². The van der Waals surface area contributed by atoms with Crippen LogP contribution in [0.15, 0.2) is 30.3 Å². The summed E-state index contributed by atoms with van der Waals surface area (Å²) < 4.78 is 1.16. The van der Waals surface area contributed by atoms with Crippen LogP contribution in [0.25, 0.3) is 10.1 Å². The second kappa shape index (κ2) is 6.76. The number of carbonyl (C=O) groups excluding carboxylic acids is 1. The zero-order chi connectivity index (χ0) is 12.8. The molecule has 18 heavy (non-hydrogen) atoms. The highest BCUT2D eigenvalue weighted by molar-refractivity contribution is 7.20. The van der Waals surface area contributed by atoms with Crippen LogP contribution < -0.4 is 5.32 Å². The SMILES string of the molecule is O=C(NCCCCCCl)c1cc2ccccc2s1. The molecule has 0 fully saturated rings. The van der Waals surface area contributed by atoms with Gasteiger partial charge in [0.05, 0.1) is 4.88 Å². The van der Waals surface area contributed by atoms with E-state index in [-0.39, 0.29) is 5.91 Å². The van der Waals surface area contributed by atoms with E-state index >= 15 is 0 Å². The minimum absolute atomic E-state index is 0.0297. The normalized spacial score (nSPS) is 10.7. The van der Waals surface area contributed by atoms with Crippen molar-refractivity contribution in [2.75, 3.05) is 12.4 Å². The maximum atomic E-state index is 11.9. The summed E-state index contributed by atoms with van der Waals surface area (Å²) in [4.78, 5) is 12.7. The van der Waals surface area contributed by atoms with E-state index in [1.807, 2.05) is 30.3 Å². The lowest BCUT2D eigenvalue weighted by molar-refractivity contribution is 0.0957. The molecule has 0 aliphatic heterocycles. The van der Waals surface area contributed by atoms with Gasteiger partial charge in [0.2, 0.25) is 0 Å². The molecule has 1 aromatic heterocycles. The van der Waals surface area contributed by atoms with Crippen molar-refractivity contribution in [1.82, 2.24) is 5.32 Å². The Labute approximate surface area is 116 Å². The molecule has 0 aliphatic carbocycles. The number of thiophene rings is 1. The molecule has 1 N–H and O–H groups in total. The van der Waals surface area contributed by atoms with Crippen molar-refractivity contribution in [3.63, 3.8) is 0 Å². The average molecular weight is 282 g/mol. The number of fused-ring (bicyclic) bond motifs is 1. The van der Waals surface area contributed by atoms with E-state index in [1.54, 1.807) is 11.3 Å². The van der Waals surface area contributed by atoms with Gasteiger partial charge >= 0.3 is 0 Å². The second-order valence-corrected chi connectivity index (χ2v) is 5.62. The summed E-state index contributed by atoms with van der Waals surface area (Å²) in [5.41, 5.74) is 0. The van der Waals surface area contributed by atoms with Gasteiger partial charge in [0.25, 0.3) is 5.91 Å². The van der Waals surface area contributed by atoms with Crippen LogP contribution in [0.1, 0.15) is 28.9 Å². The summed E-state index contributed by atoms with van der Waals surface area (Å²) in [7, 11) is 0. The number of rotatable bonds is 6. The van der Waals surface area contributed by atoms with Gasteiger partial charge in [0.1, 0.15) is 0 Å². The van der Waals surface area contributed by atoms with E-state index in [2.05, 4.69) is 5.32 Å². The Balaban J connectivity index is 1.88. The molecule has 1 aromatic carbocycles. The van der Waals surface area contributed by atoms with E-state index in [9.17, 15) is 4.79 Å². The third-order valence-corrected chi connectivity index (χ3v) is 4.13. The second-order valence-electron chi connectivity index (χ2n) is 4.15. The first-order valence-electron chi connectivity index (χ1n) is 6.14. The highest BCUT2D eigenvalue weighted by Crippen LogP contribution is 2.24. The number of hydrogen-bond donors (Lipinski definition) is 1. The fourth-order valence-corrected chi connectivity index (χ4v) is 2.95. The maximum absolute atomic E-state index is 11.9. The molecule has 0 spiro atoms. The predicted octanol–water partition coefficient (Wildman–Crippen LogP) is 4.04. The molecule has 96 valence electrons. The van der Waals surface area contributed by atoms with Crippen LogP contribution in [-0.2, 0) is 0 Å². The fraction of sp³-hybridized carbons (Fsp3) is 0.357. The van der Waals surface area contributed by atoms with Crippen molar-refractivity contribution in [3.05, 3.63) is 35.2 Å². The fourth-order valence-electron chi connectivity index (χ4n) is 1.78. The van der Waals surface area contributed by atoms with Crippen molar-refractivity contribution >= 4 is 38.9 Å². The van der Waals surface area contributed by atoms with Crippen LogP contribution in [0.5, 0.6) is 0 Å². The number of carbonyl (C=O) groups is 1. The lowest BCUT2D eigenvalue weighted by atomic mass is 10.2. The smallest absolute Gasteiger partial charge is 0.261 e. The van der Waals surface area contributed by atoms with E-state index < -0.39 is 0 Å².